The Labute approximate surface area is 170 Å². The lowest BCUT2D eigenvalue weighted by atomic mass is 10.1. The molecule has 0 bridgehead atoms. The number of pyridine rings is 1. The molecular formula is C19H18N4O3S2. The van der Waals surface area contributed by atoms with E-state index in [-0.39, 0.29) is 11.7 Å². The van der Waals surface area contributed by atoms with Crippen LogP contribution in [0.15, 0.2) is 57.9 Å². The summed E-state index contributed by atoms with van der Waals surface area (Å²) < 4.78 is 6.25. The van der Waals surface area contributed by atoms with E-state index in [4.69, 9.17) is 4.74 Å². The summed E-state index contributed by atoms with van der Waals surface area (Å²) in [7, 11) is 0. The number of phenolic OH excluding ortho intramolecular Hbond substituents is 1. The molecule has 0 radical (unpaired) electrons. The Hall–Kier alpha value is -2.62. The van der Waals surface area contributed by atoms with Gasteiger partial charge in [-0.25, -0.2) is 9.97 Å². The first-order valence-electron chi connectivity index (χ1n) is 8.71. The minimum Gasteiger partial charge on any atom is -0.507 e. The van der Waals surface area contributed by atoms with Crippen LogP contribution in [0.2, 0.25) is 0 Å². The molecule has 0 unspecified atom stereocenters. The third-order valence-corrected chi connectivity index (χ3v) is 6.10. The van der Waals surface area contributed by atoms with Crippen molar-refractivity contribution in [1.29, 1.82) is 0 Å². The number of amides is 1. The summed E-state index contributed by atoms with van der Waals surface area (Å²) in [5.41, 5.74) is 0.309. The fourth-order valence-corrected chi connectivity index (χ4v) is 4.61. The maximum atomic E-state index is 12.7. The van der Waals surface area contributed by atoms with Crippen molar-refractivity contribution in [3.8, 4) is 5.75 Å². The zero-order chi connectivity index (χ0) is 19.3. The molecule has 28 heavy (non-hydrogen) atoms. The highest BCUT2D eigenvalue weighted by atomic mass is 32.2. The number of nitrogens with one attached hydrogen (secondary N) is 1. The molecule has 1 aromatic carbocycles. The van der Waals surface area contributed by atoms with Crippen LogP contribution in [0.1, 0.15) is 10.4 Å². The number of hydrogen-bond acceptors (Lipinski definition) is 8. The molecule has 2 aromatic heterocycles. The molecule has 3 heterocycles. The number of ether oxygens (including phenoxy) is 1. The Morgan fingerprint density at radius 3 is 2.86 bits per heavy atom. The van der Waals surface area contributed by atoms with Gasteiger partial charge in [0.15, 0.2) is 5.13 Å². The van der Waals surface area contributed by atoms with E-state index in [0.29, 0.717) is 31.9 Å². The SMILES string of the molecule is O=C(c1cc(Sc2cnc(Nc3ccccn3)s2)ccc1O)N1CCOCC1. The molecule has 1 saturated heterocycles. The van der Waals surface area contributed by atoms with Crippen molar-refractivity contribution < 1.29 is 14.6 Å². The highest BCUT2D eigenvalue weighted by Crippen LogP contribution is 2.36. The van der Waals surface area contributed by atoms with Crippen molar-refractivity contribution in [3.63, 3.8) is 0 Å². The van der Waals surface area contributed by atoms with Crippen molar-refractivity contribution in [2.45, 2.75) is 9.10 Å². The number of morpholine rings is 1. The van der Waals surface area contributed by atoms with Crippen LogP contribution in [0.5, 0.6) is 5.75 Å². The van der Waals surface area contributed by atoms with Crippen LogP contribution in [-0.2, 0) is 4.74 Å². The molecule has 0 spiro atoms. The first-order valence-corrected chi connectivity index (χ1v) is 10.3. The van der Waals surface area contributed by atoms with E-state index >= 15 is 0 Å². The Morgan fingerprint density at radius 2 is 2.07 bits per heavy atom. The molecule has 0 atom stereocenters. The third-order valence-electron chi connectivity index (χ3n) is 4.10. The number of aromatic nitrogens is 2. The van der Waals surface area contributed by atoms with Crippen molar-refractivity contribution in [3.05, 3.63) is 54.4 Å². The molecule has 144 valence electrons. The fraction of sp³-hybridized carbons (Fsp3) is 0.211. The molecule has 7 nitrogen and oxygen atoms in total. The summed E-state index contributed by atoms with van der Waals surface area (Å²) in [4.78, 5) is 23.9. The van der Waals surface area contributed by atoms with Crippen LogP contribution >= 0.6 is 23.1 Å². The highest BCUT2D eigenvalue weighted by molar-refractivity contribution is 8.01. The number of thiazole rings is 1. The minimum atomic E-state index is -0.176. The number of anilines is 2. The highest BCUT2D eigenvalue weighted by Gasteiger charge is 2.21. The number of nitrogens with zero attached hydrogens (tertiary/aromatic N) is 3. The van der Waals surface area contributed by atoms with Gasteiger partial charge in [-0.05, 0) is 30.3 Å². The molecular weight excluding hydrogens is 396 g/mol. The van der Waals surface area contributed by atoms with Gasteiger partial charge in [0.05, 0.1) is 29.2 Å². The van der Waals surface area contributed by atoms with Crippen molar-refractivity contribution >= 4 is 40.0 Å². The summed E-state index contributed by atoms with van der Waals surface area (Å²) in [6.45, 7) is 2.11. The maximum absolute atomic E-state index is 12.7. The molecule has 9 heteroatoms. The van der Waals surface area contributed by atoms with Crippen LogP contribution in [0, 0.1) is 0 Å². The van der Waals surface area contributed by atoms with Gasteiger partial charge in [-0.15, -0.1) is 0 Å². The van der Waals surface area contributed by atoms with E-state index in [1.54, 1.807) is 35.5 Å². The summed E-state index contributed by atoms with van der Waals surface area (Å²) in [6.07, 6.45) is 3.49. The zero-order valence-electron chi connectivity index (χ0n) is 14.9. The number of carbonyl (C=O) groups excluding carboxylic acids is 1. The number of benzene rings is 1. The molecule has 2 N–H and O–H groups in total. The quantitative estimate of drug-likeness (QED) is 0.659. The average molecular weight is 415 g/mol. The molecule has 1 aliphatic heterocycles. The summed E-state index contributed by atoms with van der Waals surface area (Å²) >= 11 is 2.99. The number of carbonyl (C=O) groups is 1. The molecule has 3 aromatic rings. The van der Waals surface area contributed by atoms with Gasteiger partial charge in [-0.1, -0.05) is 29.2 Å². The zero-order valence-corrected chi connectivity index (χ0v) is 16.5. The van der Waals surface area contributed by atoms with Crippen molar-refractivity contribution in [1.82, 2.24) is 14.9 Å². The second-order valence-electron chi connectivity index (χ2n) is 6.01. The number of phenols is 1. The van der Waals surface area contributed by atoms with Gasteiger partial charge in [0.1, 0.15) is 11.6 Å². The number of aromatic hydroxyl groups is 1. The van der Waals surface area contributed by atoms with E-state index in [1.165, 1.54) is 23.1 Å². The Bertz CT molecular complexity index is 959. The van der Waals surface area contributed by atoms with Crippen LogP contribution in [0.4, 0.5) is 10.9 Å². The van der Waals surface area contributed by atoms with Crippen LogP contribution < -0.4 is 5.32 Å². The van der Waals surface area contributed by atoms with Gasteiger partial charge in [-0.2, -0.15) is 0 Å². The molecule has 1 fully saturated rings. The number of rotatable bonds is 5. The predicted molar refractivity (Wildman–Crippen MR) is 109 cm³/mol. The largest absolute Gasteiger partial charge is 0.507 e. The van der Waals surface area contributed by atoms with Crippen LogP contribution in [-0.4, -0.2) is 52.2 Å². The van der Waals surface area contributed by atoms with Crippen molar-refractivity contribution in [2.75, 3.05) is 31.6 Å². The number of hydrogen-bond donors (Lipinski definition) is 2. The van der Waals surface area contributed by atoms with E-state index in [2.05, 4.69) is 15.3 Å². The summed E-state index contributed by atoms with van der Waals surface area (Å²) in [5, 5.41) is 14.1. The Kier molecular flexibility index (Phi) is 5.75. The monoisotopic (exact) mass is 414 g/mol. The normalized spacial score (nSPS) is 14.1. The summed E-state index contributed by atoms with van der Waals surface area (Å²) in [6, 6.07) is 10.7. The van der Waals surface area contributed by atoms with E-state index < -0.39 is 0 Å². The smallest absolute Gasteiger partial charge is 0.257 e. The van der Waals surface area contributed by atoms with Gasteiger partial charge in [0.25, 0.3) is 5.91 Å². The first kappa shape index (κ1) is 18.7. The van der Waals surface area contributed by atoms with E-state index in [9.17, 15) is 9.90 Å². The third kappa shape index (κ3) is 4.44. The van der Waals surface area contributed by atoms with Gasteiger partial charge in [0.2, 0.25) is 0 Å². The average Bonchev–Trinajstić information content (AvgIpc) is 3.17. The first-order chi connectivity index (χ1) is 13.7. The molecule has 1 aliphatic rings. The minimum absolute atomic E-state index is 0.0114. The van der Waals surface area contributed by atoms with Gasteiger partial charge in [-0.3, -0.25) is 4.79 Å². The molecule has 0 saturated carbocycles. The van der Waals surface area contributed by atoms with E-state index in [1.807, 2.05) is 18.2 Å². The van der Waals surface area contributed by atoms with E-state index in [0.717, 1.165) is 20.1 Å². The molecule has 1 amide bonds. The van der Waals surface area contributed by atoms with Gasteiger partial charge >= 0.3 is 0 Å². The fourth-order valence-electron chi connectivity index (χ4n) is 2.71. The van der Waals surface area contributed by atoms with Crippen molar-refractivity contribution in [2.24, 2.45) is 0 Å². The predicted octanol–water partition coefficient (Wildman–Crippen LogP) is 3.61. The lowest BCUT2D eigenvalue weighted by Crippen LogP contribution is -2.40. The topological polar surface area (TPSA) is 87.6 Å². The second-order valence-corrected chi connectivity index (χ2v) is 8.41. The van der Waals surface area contributed by atoms with Crippen LogP contribution in [0.3, 0.4) is 0 Å². The Morgan fingerprint density at radius 1 is 1.21 bits per heavy atom. The molecule has 4 rings (SSSR count). The maximum Gasteiger partial charge on any atom is 0.257 e. The standard InChI is InChI=1S/C19H18N4O3S2/c24-15-5-4-13(11-14(15)18(25)23-7-9-26-10-8-23)27-17-12-21-19(28-17)22-16-3-1-2-6-20-16/h1-6,11-12,24H,7-10H2,(H,20,21,22). The lowest BCUT2D eigenvalue weighted by molar-refractivity contribution is 0.0301. The lowest BCUT2D eigenvalue weighted by Gasteiger charge is -2.27. The van der Waals surface area contributed by atoms with Crippen LogP contribution in [0.25, 0.3) is 0 Å². The van der Waals surface area contributed by atoms with Gasteiger partial charge in [0, 0.05) is 24.2 Å². The Balaban J connectivity index is 1.47. The summed E-state index contributed by atoms with van der Waals surface area (Å²) in [5.74, 6) is 0.546. The molecule has 0 aliphatic carbocycles. The second kappa shape index (κ2) is 8.59. The van der Waals surface area contributed by atoms with Gasteiger partial charge < -0.3 is 20.1 Å².